The van der Waals surface area contributed by atoms with Gasteiger partial charge in [0.2, 0.25) is 0 Å². The molecule has 0 radical (unpaired) electrons. The zero-order valence-electron chi connectivity index (χ0n) is 11.9. The minimum absolute atomic E-state index is 0.0903. The summed E-state index contributed by atoms with van der Waals surface area (Å²) in [6.45, 7) is 7.36. The van der Waals surface area contributed by atoms with Crippen molar-refractivity contribution < 1.29 is 9.18 Å². The molecule has 2 unspecified atom stereocenters. The largest absolute Gasteiger partial charge is 0.292 e. The zero-order valence-corrected chi connectivity index (χ0v) is 11.9. The summed E-state index contributed by atoms with van der Waals surface area (Å²) in [5.74, 6) is 0.351. The van der Waals surface area contributed by atoms with Gasteiger partial charge >= 0.3 is 0 Å². The predicted octanol–water partition coefficient (Wildman–Crippen LogP) is 3.52. The molecular formula is C16H22FNO. The van der Waals surface area contributed by atoms with E-state index in [1.54, 1.807) is 12.1 Å². The Morgan fingerprint density at radius 1 is 1.26 bits per heavy atom. The standard InChI is InChI=1S/C16H22FNO/c1-11(2)15-5-4-10-18(15)12(3)16(19)13-6-8-14(17)9-7-13/h6-9,11-12,15H,4-5,10H2,1-3H3. The maximum absolute atomic E-state index is 12.9. The van der Waals surface area contributed by atoms with Gasteiger partial charge < -0.3 is 0 Å². The smallest absolute Gasteiger partial charge is 0.179 e. The number of hydrogen-bond donors (Lipinski definition) is 0. The maximum atomic E-state index is 12.9. The van der Waals surface area contributed by atoms with Gasteiger partial charge in [-0.15, -0.1) is 0 Å². The van der Waals surface area contributed by atoms with Gasteiger partial charge in [-0.3, -0.25) is 9.69 Å². The monoisotopic (exact) mass is 263 g/mol. The molecule has 2 rings (SSSR count). The highest BCUT2D eigenvalue weighted by atomic mass is 19.1. The van der Waals surface area contributed by atoms with Crippen LogP contribution in [-0.2, 0) is 0 Å². The number of carbonyl (C=O) groups excluding carboxylic acids is 1. The third kappa shape index (κ3) is 3.03. The Morgan fingerprint density at radius 3 is 2.47 bits per heavy atom. The molecule has 0 N–H and O–H groups in total. The van der Waals surface area contributed by atoms with Crippen molar-refractivity contribution in [2.75, 3.05) is 6.54 Å². The van der Waals surface area contributed by atoms with E-state index in [4.69, 9.17) is 0 Å². The van der Waals surface area contributed by atoms with Gasteiger partial charge in [-0.2, -0.15) is 0 Å². The van der Waals surface area contributed by atoms with Crippen molar-refractivity contribution in [3.63, 3.8) is 0 Å². The third-order valence-corrected chi connectivity index (χ3v) is 4.12. The van der Waals surface area contributed by atoms with Gasteiger partial charge in [0.05, 0.1) is 6.04 Å². The lowest BCUT2D eigenvalue weighted by molar-refractivity contribution is 0.0785. The van der Waals surface area contributed by atoms with Crippen LogP contribution in [0.2, 0.25) is 0 Å². The van der Waals surface area contributed by atoms with E-state index in [1.807, 2.05) is 6.92 Å². The molecule has 2 atom stereocenters. The lowest BCUT2D eigenvalue weighted by Gasteiger charge is -2.32. The molecule has 3 heteroatoms. The average Bonchev–Trinajstić information content (AvgIpc) is 2.87. The van der Waals surface area contributed by atoms with Crippen molar-refractivity contribution >= 4 is 5.78 Å². The summed E-state index contributed by atoms with van der Waals surface area (Å²) in [7, 11) is 0. The van der Waals surface area contributed by atoms with E-state index in [0.717, 1.165) is 13.0 Å². The van der Waals surface area contributed by atoms with E-state index in [1.165, 1.54) is 18.6 Å². The van der Waals surface area contributed by atoms with Crippen LogP contribution in [0.3, 0.4) is 0 Å². The second-order valence-corrected chi connectivity index (χ2v) is 5.74. The number of carbonyl (C=O) groups is 1. The summed E-state index contributed by atoms with van der Waals surface area (Å²) in [5.41, 5.74) is 0.600. The molecule has 0 aliphatic carbocycles. The SMILES string of the molecule is CC(C)C1CCCN1C(C)C(=O)c1ccc(F)cc1. The molecule has 1 saturated heterocycles. The Morgan fingerprint density at radius 2 is 1.89 bits per heavy atom. The van der Waals surface area contributed by atoms with Crippen molar-refractivity contribution in [2.24, 2.45) is 5.92 Å². The van der Waals surface area contributed by atoms with Crippen molar-refractivity contribution in [1.29, 1.82) is 0 Å². The number of ketones is 1. The highest BCUT2D eigenvalue weighted by molar-refractivity contribution is 5.99. The first-order chi connectivity index (χ1) is 9.00. The first-order valence-electron chi connectivity index (χ1n) is 7.06. The highest BCUT2D eigenvalue weighted by Crippen LogP contribution is 2.27. The predicted molar refractivity (Wildman–Crippen MR) is 74.8 cm³/mol. The van der Waals surface area contributed by atoms with Gasteiger partial charge in [0.1, 0.15) is 5.82 Å². The van der Waals surface area contributed by atoms with Gasteiger partial charge in [-0.05, 0) is 56.5 Å². The minimum Gasteiger partial charge on any atom is -0.292 e. The number of Topliss-reactive ketones (excluding diaryl/α,β-unsaturated/α-hetero) is 1. The highest BCUT2D eigenvalue weighted by Gasteiger charge is 2.33. The lowest BCUT2D eigenvalue weighted by Crippen LogP contribution is -2.44. The number of likely N-dealkylation sites (tertiary alicyclic amines) is 1. The number of halogens is 1. The normalized spacial score (nSPS) is 21.8. The fraction of sp³-hybridized carbons (Fsp3) is 0.562. The number of benzene rings is 1. The first kappa shape index (κ1) is 14.2. The van der Waals surface area contributed by atoms with Gasteiger partial charge in [0.15, 0.2) is 5.78 Å². The lowest BCUT2D eigenvalue weighted by atomic mass is 9.98. The number of nitrogens with zero attached hydrogens (tertiary/aromatic N) is 1. The molecule has 0 bridgehead atoms. The van der Waals surface area contributed by atoms with E-state index < -0.39 is 0 Å². The summed E-state index contributed by atoms with van der Waals surface area (Å²) >= 11 is 0. The Hall–Kier alpha value is -1.22. The molecule has 0 amide bonds. The molecule has 1 aliphatic rings. The Labute approximate surface area is 114 Å². The van der Waals surface area contributed by atoms with E-state index in [0.29, 0.717) is 17.5 Å². The van der Waals surface area contributed by atoms with Crippen LogP contribution in [0.4, 0.5) is 4.39 Å². The Kier molecular flexibility index (Phi) is 4.35. The van der Waals surface area contributed by atoms with Crippen LogP contribution < -0.4 is 0 Å². The fourth-order valence-electron chi connectivity index (χ4n) is 3.02. The second-order valence-electron chi connectivity index (χ2n) is 5.74. The molecule has 19 heavy (non-hydrogen) atoms. The van der Waals surface area contributed by atoms with Crippen molar-refractivity contribution in [3.8, 4) is 0 Å². The van der Waals surface area contributed by atoms with Crippen LogP contribution in [-0.4, -0.2) is 29.3 Å². The van der Waals surface area contributed by atoms with Gasteiger partial charge in [-0.25, -0.2) is 4.39 Å². The zero-order chi connectivity index (χ0) is 14.0. The van der Waals surface area contributed by atoms with Crippen LogP contribution in [0.5, 0.6) is 0 Å². The summed E-state index contributed by atoms with van der Waals surface area (Å²) in [6.07, 6.45) is 2.32. The molecule has 0 spiro atoms. The maximum Gasteiger partial charge on any atom is 0.179 e. The molecule has 0 saturated carbocycles. The molecule has 104 valence electrons. The quantitative estimate of drug-likeness (QED) is 0.775. The van der Waals surface area contributed by atoms with Crippen LogP contribution in [0.25, 0.3) is 0 Å². The summed E-state index contributed by atoms with van der Waals surface area (Å²) in [5, 5.41) is 0. The molecule has 1 aliphatic heterocycles. The molecule has 0 aromatic heterocycles. The van der Waals surface area contributed by atoms with Crippen LogP contribution in [0, 0.1) is 11.7 Å². The molecule has 1 heterocycles. The van der Waals surface area contributed by atoms with Gasteiger partial charge in [0, 0.05) is 11.6 Å². The second kappa shape index (κ2) is 5.83. The number of hydrogen-bond acceptors (Lipinski definition) is 2. The van der Waals surface area contributed by atoms with Crippen LogP contribution in [0.15, 0.2) is 24.3 Å². The number of rotatable bonds is 4. The fourth-order valence-corrected chi connectivity index (χ4v) is 3.02. The average molecular weight is 263 g/mol. The Balaban J connectivity index is 2.12. The van der Waals surface area contributed by atoms with Crippen LogP contribution >= 0.6 is 0 Å². The minimum atomic E-state index is -0.301. The summed E-state index contributed by atoms with van der Waals surface area (Å²) in [6, 6.07) is 6.22. The van der Waals surface area contributed by atoms with Crippen molar-refractivity contribution in [1.82, 2.24) is 4.90 Å². The van der Waals surface area contributed by atoms with E-state index in [2.05, 4.69) is 18.7 Å². The molecule has 1 fully saturated rings. The van der Waals surface area contributed by atoms with Crippen molar-refractivity contribution in [3.05, 3.63) is 35.6 Å². The Bertz CT molecular complexity index is 441. The van der Waals surface area contributed by atoms with E-state index >= 15 is 0 Å². The van der Waals surface area contributed by atoms with E-state index in [-0.39, 0.29) is 17.6 Å². The van der Waals surface area contributed by atoms with E-state index in [9.17, 15) is 9.18 Å². The van der Waals surface area contributed by atoms with Crippen LogP contribution in [0.1, 0.15) is 44.0 Å². The van der Waals surface area contributed by atoms with Gasteiger partial charge in [0.25, 0.3) is 0 Å². The summed E-state index contributed by atoms with van der Waals surface area (Å²) < 4.78 is 12.9. The first-order valence-corrected chi connectivity index (χ1v) is 7.06. The molecule has 2 nitrogen and oxygen atoms in total. The molecule has 1 aromatic rings. The summed E-state index contributed by atoms with van der Waals surface area (Å²) in [4.78, 5) is 14.7. The van der Waals surface area contributed by atoms with Gasteiger partial charge in [-0.1, -0.05) is 13.8 Å². The molecular weight excluding hydrogens is 241 g/mol. The third-order valence-electron chi connectivity index (χ3n) is 4.12. The van der Waals surface area contributed by atoms with Crippen molar-refractivity contribution in [2.45, 2.75) is 45.7 Å². The molecule has 1 aromatic carbocycles. The topological polar surface area (TPSA) is 20.3 Å².